The van der Waals surface area contributed by atoms with Crippen LogP contribution in [0.4, 0.5) is 4.39 Å². The lowest BCUT2D eigenvalue weighted by Crippen LogP contribution is -1.86. The first kappa shape index (κ1) is 6.93. The summed E-state index contributed by atoms with van der Waals surface area (Å²) in [7, 11) is 0. The van der Waals surface area contributed by atoms with Gasteiger partial charge in [-0.3, -0.25) is 4.79 Å². The van der Waals surface area contributed by atoms with Gasteiger partial charge < -0.3 is 0 Å². The second kappa shape index (κ2) is 2.60. The molecule has 1 nitrogen and oxygen atoms in total. The third-order valence-electron chi connectivity index (χ3n) is 1.37. The molecule has 0 heterocycles. The number of hydrogen-bond donors (Lipinski definition) is 0. The smallest absolute Gasteiger partial charge is 0.150 e. The molecule has 1 rings (SSSR count). The first-order chi connectivity index (χ1) is 4.74. The number of benzene rings is 1. The first-order valence-electron chi connectivity index (χ1n) is 2.95. The Kier molecular flexibility index (Phi) is 1.81. The SMILES string of the molecule is Cc1ccc([18F])cc1C=O. The van der Waals surface area contributed by atoms with Crippen LogP contribution in [0.5, 0.6) is 0 Å². The van der Waals surface area contributed by atoms with E-state index >= 15 is 0 Å². The molecule has 0 aliphatic heterocycles. The van der Waals surface area contributed by atoms with E-state index in [9.17, 15) is 9.18 Å². The summed E-state index contributed by atoms with van der Waals surface area (Å²) in [5.41, 5.74) is 1.22. The Hall–Kier alpha value is -1.18. The molecule has 0 fully saturated rings. The molecular formula is C8H7FO. The van der Waals surface area contributed by atoms with Crippen molar-refractivity contribution in [2.75, 3.05) is 0 Å². The highest BCUT2D eigenvalue weighted by Crippen LogP contribution is 2.06. The fourth-order valence-corrected chi connectivity index (χ4v) is 0.738. The van der Waals surface area contributed by atoms with E-state index in [0.717, 1.165) is 5.56 Å². The molecule has 0 N–H and O–H groups in total. The highest BCUT2D eigenvalue weighted by Gasteiger charge is 1.96. The molecule has 0 spiro atoms. The molecule has 0 amide bonds. The molecule has 0 aromatic heterocycles. The summed E-state index contributed by atoms with van der Waals surface area (Å²) in [6, 6.07) is 4.14. The lowest BCUT2D eigenvalue weighted by atomic mass is 10.1. The highest BCUT2D eigenvalue weighted by molar-refractivity contribution is 5.76. The largest absolute Gasteiger partial charge is 0.298 e. The highest BCUT2D eigenvalue weighted by atomic mass is 18.2. The van der Waals surface area contributed by atoms with E-state index in [2.05, 4.69) is 0 Å². The number of aldehydes is 1. The predicted molar refractivity (Wildman–Crippen MR) is 36.5 cm³/mol. The number of aryl methyl sites for hydroxylation is 1. The Balaban J connectivity index is 3.21. The van der Waals surface area contributed by atoms with Crippen LogP contribution in [0.1, 0.15) is 15.9 Å². The zero-order valence-electron chi connectivity index (χ0n) is 5.60. The molecule has 0 bridgehead atoms. The summed E-state index contributed by atoms with van der Waals surface area (Å²) in [5, 5.41) is 0. The normalized spacial score (nSPS) is 9.40. The first-order valence-corrected chi connectivity index (χ1v) is 2.95. The van der Waals surface area contributed by atoms with Gasteiger partial charge in [0.1, 0.15) is 12.1 Å². The Morgan fingerprint density at radius 2 is 2.20 bits per heavy atom. The van der Waals surface area contributed by atoms with E-state index in [4.69, 9.17) is 0 Å². The molecule has 0 unspecified atom stereocenters. The van der Waals surface area contributed by atoms with E-state index in [1.54, 1.807) is 13.0 Å². The van der Waals surface area contributed by atoms with E-state index in [-0.39, 0.29) is 5.82 Å². The summed E-state index contributed by atoms with van der Waals surface area (Å²) >= 11 is 0. The quantitative estimate of drug-likeness (QED) is 0.540. The molecule has 0 atom stereocenters. The standard InChI is InChI=1S/C8H7FO/c1-6-2-3-8(9)4-7(6)5-10/h2-5H,1H3/i9-1. The summed E-state index contributed by atoms with van der Waals surface area (Å²) in [4.78, 5) is 10.2. The summed E-state index contributed by atoms with van der Waals surface area (Å²) in [6.07, 6.45) is 0.651. The topological polar surface area (TPSA) is 17.1 Å². The van der Waals surface area contributed by atoms with Crippen LogP contribution in [0.2, 0.25) is 0 Å². The summed E-state index contributed by atoms with van der Waals surface area (Å²) in [6.45, 7) is 1.77. The fraction of sp³-hybridized carbons (Fsp3) is 0.125. The third kappa shape index (κ3) is 1.21. The van der Waals surface area contributed by atoms with Gasteiger partial charge in [0.2, 0.25) is 0 Å². The Bertz CT molecular complexity index is 255. The summed E-state index contributed by atoms with van der Waals surface area (Å²) in [5.74, 6) is -0.368. The van der Waals surface area contributed by atoms with Crippen molar-refractivity contribution < 1.29 is 9.18 Å². The van der Waals surface area contributed by atoms with Crippen LogP contribution in [-0.2, 0) is 0 Å². The number of halogens is 1. The molecule has 0 saturated carbocycles. The molecule has 0 aliphatic rings. The molecule has 0 aliphatic carbocycles. The maximum atomic E-state index is 12.4. The van der Waals surface area contributed by atoms with Gasteiger partial charge in [0, 0.05) is 5.56 Å². The molecule has 10 heavy (non-hydrogen) atoms. The zero-order chi connectivity index (χ0) is 7.56. The Labute approximate surface area is 58.5 Å². The lowest BCUT2D eigenvalue weighted by molar-refractivity contribution is 0.112. The monoisotopic (exact) mass is 137 g/mol. The lowest BCUT2D eigenvalue weighted by Gasteiger charge is -1.95. The molecule has 2 heteroatoms. The van der Waals surface area contributed by atoms with Crippen molar-refractivity contribution in [2.24, 2.45) is 0 Å². The van der Waals surface area contributed by atoms with Gasteiger partial charge in [-0.2, -0.15) is 0 Å². The third-order valence-corrected chi connectivity index (χ3v) is 1.37. The van der Waals surface area contributed by atoms with Crippen molar-refractivity contribution >= 4 is 6.29 Å². The van der Waals surface area contributed by atoms with Crippen molar-refractivity contribution in [1.29, 1.82) is 0 Å². The van der Waals surface area contributed by atoms with Crippen molar-refractivity contribution in [3.63, 3.8) is 0 Å². The minimum absolute atomic E-state index is 0.368. The second-order valence-electron chi connectivity index (χ2n) is 2.12. The van der Waals surface area contributed by atoms with Crippen LogP contribution in [0.15, 0.2) is 18.2 Å². The second-order valence-corrected chi connectivity index (χ2v) is 2.12. The Morgan fingerprint density at radius 3 is 2.70 bits per heavy atom. The Morgan fingerprint density at radius 1 is 1.50 bits per heavy atom. The minimum Gasteiger partial charge on any atom is -0.298 e. The van der Waals surface area contributed by atoms with Crippen molar-refractivity contribution in [2.45, 2.75) is 6.92 Å². The average Bonchev–Trinajstić information content (AvgIpc) is 1.94. The van der Waals surface area contributed by atoms with Gasteiger partial charge in [-0.05, 0) is 24.6 Å². The van der Waals surface area contributed by atoms with Crippen LogP contribution in [0.3, 0.4) is 0 Å². The minimum atomic E-state index is -0.368. The molecule has 0 saturated heterocycles. The summed E-state index contributed by atoms with van der Waals surface area (Å²) < 4.78 is 12.4. The number of hydrogen-bond acceptors (Lipinski definition) is 1. The molecule has 0 radical (unpaired) electrons. The molecule has 1 aromatic rings. The maximum absolute atomic E-state index is 12.4. The van der Waals surface area contributed by atoms with Gasteiger partial charge in [-0.1, -0.05) is 6.07 Å². The van der Waals surface area contributed by atoms with Gasteiger partial charge in [0.15, 0.2) is 0 Å². The van der Waals surface area contributed by atoms with Gasteiger partial charge in [0.25, 0.3) is 0 Å². The van der Waals surface area contributed by atoms with E-state index in [1.807, 2.05) is 0 Å². The van der Waals surface area contributed by atoms with E-state index in [0.29, 0.717) is 11.8 Å². The molecule has 52 valence electrons. The van der Waals surface area contributed by atoms with Gasteiger partial charge in [-0.15, -0.1) is 0 Å². The van der Waals surface area contributed by atoms with Crippen LogP contribution >= 0.6 is 0 Å². The van der Waals surface area contributed by atoms with Crippen LogP contribution in [0.25, 0.3) is 0 Å². The fourth-order valence-electron chi connectivity index (χ4n) is 0.738. The van der Waals surface area contributed by atoms with Gasteiger partial charge in [0.05, 0.1) is 0 Å². The van der Waals surface area contributed by atoms with Crippen molar-refractivity contribution in [1.82, 2.24) is 0 Å². The van der Waals surface area contributed by atoms with Crippen molar-refractivity contribution in [3.05, 3.63) is 35.1 Å². The van der Waals surface area contributed by atoms with Gasteiger partial charge >= 0.3 is 0 Å². The molecular weight excluding hydrogens is 130 g/mol. The van der Waals surface area contributed by atoms with Crippen molar-refractivity contribution in [3.8, 4) is 0 Å². The van der Waals surface area contributed by atoms with Gasteiger partial charge in [-0.25, -0.2) is 4.39 Å². The van der Waals surface area contributed by atoms with E-state index in [1.165, 1.54) is 12.1 Å². The van der Waals surface area contributed by atoms with E-state index < -0.39 is 0 Å². The molecule has 1 aromatic carbocycles. The number of rotatable bonds is 1. The van der Waals surface area contributed by atoms with Crippen LogP contribution in [0, 0.1) is 12.7 Å². The van der Waals surface area contributed by atoms with Crippen LogP contribution < -0.4 is 0 Å². The average molecular weight is 137 g/mol. The number of carbonyl (C=O) groups is 1. The predicted octanol–water partition coefficient (Wildman–Crippen LogP) is 1.95. The zero-order valence-corrected chi connectivity index (χ0v) is 5.60. The van der Waals surface area contributed by atoms with Crippen LogP contribution in [-0.4, -0.2) is 6.29 Å². The maximum Gasteiger partial charge on any atom is 0.150 e. The number of carbonyl (C=O) groups excluding carboxylic acids is 1.